The lowest BCUT2D eigenvalue weighted by Gasteiger charge is -2.19. The van der Waals surface area contributed by atoms with Crippen LogP contribution < -0.4 is 15.0 Å². The molecular formula is C24H26N4O4S. The lowest BCUT2D eigenvalue weighted by Crippen LogP contribution is -2.32. The van der Waals surface area contributed by atoms with Crippen LogP contribution in [0.2, 0.25) is 0 Å². The summed E-state index contributed by atoms with van der Waals surface area (Å²) < 4.78 is 12.3. The van der Waals surface area contributed by atoms with Gasteiger partial charge in [-0.05, 0) is 32.0 Å². The highest BCUT2D eigenvalue weighted by Gasteiger charge is 2.20. The predicted molar refractivity (Wildman–Crippen MR) is 131 cm³/mol. The molecule has 0 radical (unpaired) electrons. The van der Waals surface area contributed by atoms with Gasteiger partial charge < -0.3 is 19.4 Å². The lowest BCUT2D eigenvalue weighted by atomic mass is 10.2. The molecule has 0 saturated carbocycles. The minimum absolute atomic E-state index is 0.00265. The molecule has 0 aliphatic rings. The Hall–Kier alpha value is -3.46. The fraction of sp³-hybridized carbons (Fsp3) is 0.292. The molecule has 33 heavy (non-hydrogen) atoms. The number of methoxy groups -OCH3 is 2. The summed E-state index contributed by atoms with van der Waals surface area (Å²) in [5.41, 5.74) is 2.15. The van der Waals surface area contributed by atoms with Gasteiger partial charge in [-0.25, -0.2) is 4.98 Å². The predicted octanol–water partition coefficient (Wildman–Crippen LogP) is 3.84. The number of aromatic amines is 1. The van der Waals surface area contributed by atoms with Crippen LogP contribution in [-0.2, 0) is 4.79 Å². The van der Waals surface area contributed by atoms with E-state index in [0.29, 0.717) is 46.5 Å². The summed E-state index contributed by atoms with van der Waals surface area (Å²) in [5.74, 6) is 1.22. The number of hydrogen-bond acceptors (Lipinski definition) is 6. The number of rotatable bonds is 8. The molecule has 0 saturated heterocycles. The van der Waals surface area contributed by atoms with E-state index >= 15 is 0 Å². The molecule has 0 aliphatic carbocycles. The van der Waals surface area contributed by atoms with E-state index in [-0.39, 0.29) is 17.2 Å². The van der Waals surface area contributed by atoms with Gasteiger partial charge in [0.15, 0.2) is 16.7 Å². The van der Waals surface area contributed by atoms with E-state index in [9.17, 15) is 9.59 Å². The van der Waals surface area contributed by atoms with Crippen molar-refractivity contribution in [3.05, 3.63) is 52.8 Å². The maximum Gasteiger partial charge on any atom is 0.283 e. The van der Waals surface area contributed by atoms with E-state index in [0.717, 1.165) is 10.9 Å². The fourth-order valence-corrected chi connectivity index (χ4v) is 4.73. The van der Waals surface area contributed by atoms with Crippen molar-refractivity contribution >= 4 is 39.6 Å². The van der Waals surface area contributed by atoms with Crippen molar-refractivity contribution in [2.75, 3.05) is 33.1 Å². The number of aromatic nitrogens is 3. The number of H-pyrrole nitrogens is 1. The second kappa shape index (κ2) is 9.58. The van der Waals surface area contributed by atoms with Crippen LogP contribution in [0.3, 0.4) is 0 Å². The zero-order chi connectivity index (χ0) is 23.5. The smallest absolute Gasteiger partial charge is 0.283 e. The number of thioether (sulfide) groups is 1. The molecule has 9 heteroatoms. The van der Waals surface area contributed by atoms with Gasteiger partial charge in [-0.2, -0.15) is 0 Å². The van der Waals surface area contributed by atoms with Crippen LogP contribution in [0.1, 0.15) is 13.8 Å². The fourth-order valence-electron chi connectivity index (χ4n) is 3.82. The maximum atomic E-state index is 13.7. The molecule has 2 aromatic carbocycles. The highest BCUT2D eigenvalue weighted by atomic mass is 32.2. The third-order valence-electron chi connectivity index (χ3n) is 5.56. The first-order valence-corrected chi connectivity index (χ1v) is 11.7. The number of ether oxygens (including phenoxy) is 2. The van der Waals surface area contributed by atoms with Crippen LogP contribution in [0.25, 0.3) is 27.6 Å². The Bertz CT molecular complexity index is 1370. The molecule has 0 unspecified atom stereocenters. The Morgan fingerprint density at radius 3 is 2.52 bits per heavy atom. The molecule has 0 bridgehead atoms. The molecule has 0 aliphatic heterocycles. The number of carbonyl (C=O) groups excluding carboxylic acids is 1. The molecule has 0 atom stereocenters. The first kappa shape index (κ1) is 22.7. The van der Waals surface area contributed by atoms with Crippen molar-refractivity contribution in [3.8, 4) is 17.2 Å². The summed E-state index contributed by atoms with van der Waals surface area (Å²) in [6.07, 6.45) is 0. The number of benzene rings is 2. The Morgan fingerprint density at radius 2 is 1.82 bits per heavy atom. The molecule has 4 rings (SSSR count). The number of amides is 1. The summed E-state index contributed by atoms with van der Waals surface area (Å²) >= 11 is 1.25. The molecule has 2 heterocycles. The van der Waals surface area contributed by atoms with Crippen LogP contribution in [0.5, 0.6) is 11.5 Å². The average Bonchev–Trinajstić information content (AvgIpc) is 3.22. The van der Waals surface area contributed by atoms with Crippen LogP contribution in [0, 0.1) is 0 Å². The van der Waals surface area contributed by atoms with Crippen molar-refractivity contribution < 1.29 is 14.3 Å². The SMILES string of the molecule is CCN(CC)C(=O)CSc1nc2c([nH]c3ccccc32)c(=O)n1-c1ccc(OC)c(OC)c1. The molecule has 172 valence electrons. The van der Waals surface area contributed by atoms with Crippen molar-refractivity contribution in [2.45, 2.75) is 19.0 Å². The third kappa shape index (κ3) is 4.16. The highest BCUT2D eigenvalue weighted by Crippen LogP contribution is 2.31. The van der Waals surface area contributed by atoms with Crippen LogP contribution in [0.4, 0.5) is 0 Å². The van der Waals surface area contributed by atoms with E-state index in [1.54, 1.807) is 37.3 Å². The molecule has 4 aromatic rings. The topological polar surface area (TPSA) is 89.5 Å². The van der Waals surface area contributed by atoms with E-state index in [1.807, 2.05) is 38.1 Å². The Morgan fingerprint density at radius 1 is 1.09 bits per heavy atom. The number of carbonyl (C=O) groups is 1. The number of fused-ring (bicyclic) bond motifs is 3. The van der Waals surface area contributed by atoms with Gasteiger partial charge in [-0.3, -0.25) is 14.2 Å². The van der Waals surface area contributed by atoms with Crippen molar-refractivity contribution in [3.63, 3.8) is 0 Å². The second-order valence-corrected chi connectivity index (χ2v) is 8.27. The summed E-state index contributed by atoms with van der Waals surface area (Å²) in [4.78, 5) is 36.1. The molecule has 0 spiro atoms. The maximum absolute atomic E-state index is 13.7. The van der Waals surface area contributed by atoms with Gasteiger partial charge in [0.05, 0.1) is 25.7 Å². The summed E-state index contributed by atoms with van der Waals surface area (Å²) in [5, 5.41) is 1.30. The quantitative estimate of drug-likeness (QED) is 0.313. The van der Waals surface area contributed by atoms with Gasteiger partial charge in [-0.15, -0.1) is 0 Å². The largest absolute Gasteiger partial charge is 0.493 e. The van der Waals surface area contributed by atoms with Crippen molar-refractivity contribution in [1.29, 1.82) is 0 Å². The Kier molecular flexibility index (Phi) is 6.60. The summed E-state index contributed by atoms with van der Waals surface area (Å²) in [6, 6.07) is 12.9. The standard InChI is InChI=1S/C24H26N4O4S/c1-5-27(6-2)20(29)14-33-24-26-21-16-9-7-8-10-17(16)25-22(21)23(30)28(24)15-11-12-18(31-3)19(13-15)32-4/h7-13,25H,5-6,14H2,1-4H3. The number of hydrogen-bond donors (Lipinski definition) is 1. The monoisotopic (exact) mass is 466 g/mol. The first-order chi connectivity index (χ1) is 16.0. The van der Waals surface area contributed by atoms with Crippen molar-refractivity contribution in [2.24, 2.45) is 0 Å². The average molecular weight is 467 g/mol. The van der Waals surface area contributed by atoms with Gasteiger partial charge >= 0.3 is 0 Å². The van der Waals surface area contributed by atoms with E-state index in [4.69, 9.17) is 14.5 Å². The zero-order valence-electron chi connectivity index (χ0n) is 19.0. The van der Waals surface area contributed by atoms with Gasteiger partial charge in [0.25, 0.3) is 5.56 Å². The molecule has 2 aromatic heterocycles. The van der Waals surface area contributed by atoms with Gasteiger partial charge in [-0.1, -0.05) is 30.0 Å². The Labute approximate surface area is 195 Å². The van der Waals surface area contributed by atoms with Crippen LogP contribution >= 0.6 is 11.8 Å². The van der Waals surface area contributed by atoms with Crippen molar-refractivity contribution in [1.82, 2.24) is 19.4 Å². The number of nitrogens with zero attached hydrogens (tertiary/aromatic N) is 3. The minimum Gasteiger partial charge on any atom is -0.493 e. The lowest BCUT2D eigenvalue weighted by molar-refractivity contribution is -0.127. The molecule has 1 N–H and O–H groups in total. The zero-order valence-corrected chi connectivity index (χ0v) is 19.9. The van der Waals surface area contributed by atoms with E-state index < -0.39 is 0 Å². The Balaban J connectivity index is 1.90. The molecular weight excluding hydrogens is 440 g/mol. The van der Waals surface area contributed by atoms with Crippen LogP contribution in [0.15, 0.2) is 52.4 Å². The molecule has 1 amide bonds. The van der Waals surface area contributed by atoms with Gasteiger partial charge in [0.1, 0.15) is 11.0 Å². The summed E-state index contributed by atoms with van der Waals surface area (Å²) in [6.45, 7) is 5.16. The van der Waals surface area contributed by atoms with Gasteiger partial charge in [0, 0.05) is 30.1 Å². The minimum atomic E-state index is -0.249. The van der Waals surface area contributed by atoms with E-state index in [1.165, 1.54) is 16.3 Å². The van der Waals surface area contributed by atoms with Gasteiger partial charge in [0.2, 0.25) is 5.91 Å². The van der Waals surface area contributed by atoms with E-state index in [2.05, 4.69) is 4.98 Å². The second-order valence-electron chi connectivity index (χ2n) is 7.32. The highest BCUT2D eigenvalue weighted by molar-refractivity contribution is 7.99. The van der Waals surface area contributed by atoms with Crippen LogP contribution in [-0.4, -0.2) is 58.4 Å². The normalized spacial score (nSPS) is 11.2. The third-order valence-corrected chi connectivity index (χ3v) is 6.48. The molecule has 0 fully saturated rings. The molecule has 8 nitrogen and oxygen atoms in total. The first-order valence-electron chi connectivity index (χ1n) is 10.7. The number of para-hydroxylation sites is 1. The summed E-state index contributed by atoms with van der Waals surface area (Å²) in [7, 11) is 3.10. The number of nitrogens with one attached hydrogen (secondary N) is 1.